The van der Waals surface area contributed by atoms with Gasteiger partial charge in [-0.25, -0.2) is 4.39 Å². The lowest BCUT2D eigenvalue weighted by molar-refractivity contribution is 0.622. The van der Waals surface area contributed by atoms with E-state index >= 15 is 0 Å². The zero-order valence-corrected chi connectivity index (χ0v) is 11.9. The maximum atomic E-state index is 13.3. The number of aromatic nitrogens is 1. The number of nitrogens with zero attached hydrogens (tertiary/aromatic N) is 2. The molecule has 1 atom stereocenters. The number of likely N-dealkylation sites (N-methyl/N-ethyl adjacent to an activating group) is 1. The quantitative estimate of drug-likeness (QED) is 0.910. The highest BCUT2D eigenvalue weighted by atomic mass is 19.1. The summed E-state index contributed by atoms with van der Waals surface area (Å²) in [5.41, 5.74) is 8.98. The second kappa shape index (κ2) is 6.48. The molecule has 106 valence electrons. The monoisotopic (exact) mass is 273 g/mol. The van der Waals surface area contributed by atoms with Crippen LogP contribution in [0.15, 0.2) is 42.7 Å². The van der Waals surface area contributed by atoms with Crippen LogP contribution in [-0.2, 0) is 6.42 Å². The summed E-state index contributed by atoms with van der Waals surface area (Å²) in [6.45, 7) is 2.71. The smallest absolute Gasteiger partial charge is 0.123 e. The first-order valence-corrected chi connectivity index (χ1v) is 6.73. The molecule has 20 heavy (non-hydrogen) atoms. The van der Waals surface area contributed by atoms with Gasteiger partial charge in [0, 0.05) is 37.7 Å². The molecule has 0 radical (unpaired) electrons. The lowest BCUT2D eigenvalue weighted by atomic mass is 10.1. The van der Waals surface area contributed by atoms with E-state index in [1.807, 2.05) is 26.1 Å². The Bertz CT molecular complexity index is 555. The number of pyridine rings is 1. The Morgan fingerprint density at radius 1 is 1.25 bits per heavy atom. The van der Waals surface area contributed by atoms with E-state index in [2.05, 4.69) is 9.88 Å². The summed E-state index contributed by atoms with van der Waals surface area (Å²) in [5.74, 6) is -0.247. The highest BCUT2D eigenvalue weighted by Gasteiger charge is 2.12. The summed E-state index contributed by atoms with van der Waals surface area (Å²) >= 11 is 0. The van der Waals surface area contributed by atoms with E-state index in [1.165, 1.54) is 17.7 Å². The third kappa shape index (κ3) is 3.54. The minimum Gasteiger partial charge on any atom is -0.374 e. The number of hydrogen-bond donors (Lipinski definition) is 1. The van der Waals surface area contributed by atoms with Crippen molar-refractivity contribution in [1.82, 2.24) is 4.98 Å². The maximum absolute atomic E-state index is 13.3. The van der Waals surface area contributed by atoms with Crippen molar-refractivity contribution in [2.24, 2.45) is 5.73 Å². The van der Waals surface area contributed by atoms with Gasteiger partial charge in [-0.15, -0.1) is 0 Å². The lowest BCUT2D eigenvalue weighted by Gasteiger charge is -2.24. The van der Waals surface area contributed by atoms with Crippen LogP contribution in [0.1, 0.15) is 24.1 Å². The number of halogens is 1. The number of nitrogens with two attached hydrogens (primary N) is 1. The minimum atomic E-state index is -0.247. The standard InChI is InChI=1S/C16H20FN3/c1-12(18)15-11-14(17)3-4-16(15)20(2)10-7-13-5-8-19-9-6-13/h3-6,8-9,11-12H,7,10,18H2,1-2H3/t12-/m0/s1. The predicted octanol–water partition coefficient (Wildman–Crippen LogP) is 2.92. The largest absolute Gasteiger partial charge is 0.374 e. The van der Waals surface area contributed by atoms with E-state index < -0.39 is 0 Å². The number of anilines is 1. The third-order valence-electron chi connectivity index (χ3n) is 3.38. The number of rotatable bonds is 5. The van der Waals surface area contributed by atoms with Gasteiger partial charge in [0.25, 0.3) is 0 Å². The van der Waals surface area contributed by atoms with Gasteiger partial charge in [-0.05, 0) is 54.8 Å². The molecule has 0 spiro atoms. The van der Waals surface area contributed by atoms with E-state index in [0.717, 1.165) is 24.2 Å². The number of benzene rings is 1. The van der Waals surface area contributed by atoms with Crippen LogP contribution >= 0.6 is 0 Å². The minimum absolute atomic E-state index is 0.191. The Kier molecular flexibility index (Phi) is 4.69. The Morgan fingerprint density at radius 3 is 2.60 bits per heavy atom. The average molecular weight is 273 g/mol. The van der Waals surface area contributed by atoms with E-state index in [1.54, 1.807) is 18.5 Å². The van der Waals surface area contributed by atoms with Crippen LogP contribution in [0, 0.1) is 5.82 Å². The van der Waals surface area contributed by atoms with Crippen LogP contribution in [0.5, 0.6) is 0 Å². The van der Waals surface area contributed by atoms with Crippen LogP contribution in [-0.4, -0.2) is 18.6 Å². The van der Waals surface area contributed by atoms with Crippen LogP contribution in [0.3, 0.4) is 0 Å². The predicted molar refractivity (Wildman–Crippen MR) is 80.2 cm³/mol. The SMILES string of the molecule is C[C@H](N)c1cc(F)ccc1N(C)CCc1ccncc1. The molecule has 1 aromatic heterocycles. The van der Waals surface area contributed by atoms with Gasteiger partial charge in [-0.2, -0.15) is 0 Å². The number of hydrogen-bond acceptors (Lipinski definition) is 3. The van der Waals surface area contributed by atoms with Crippen LogP contribution < -0.4 is 10.6 Å². The van der Waals surface area contributed by atoms with Gasteiger partial charge in [0.05, 0.1) is 0 Å². The maximum Gasteiger partial charge on any atom is 0.123 e. The summed E-state index contributed by atoms with van der Waals surface area (Å²) in [5, 5.41) is 0. The molecule has 1 heterocycles. The molecule has 0 fully saturated rings. The molecule has 2 N–H and O–H groups in total. The Morgan fingerprint density at radius 2 is 1.95 bits per heavy atom. The van der Waals surface area contributed by atoms with Gasteiger partial charge in [0.1, 0.15) is 5.82 Å². The van der Waals surface area contributed by atoms with Gasteiger partial charge in [-0.3, -0.25) is 4.98 Å². The first-order chi connectivity index (χ1) is 9.58. The van der Waals surface area contributed by atoms with Crippen LogP contribution in [0.4, 0.5) is 10.1 Å². The third-order valence-corrected chi connectivity index (χ3v) is 3.38. The summed E-state index contributed by atoms with van der Waals surface area (Å²) in [6.07, 6.45) is 4.50. The van der Waals surface area contributed by atoms with E-state index in [-0.39, 0.29) is 11.9 Å². The zero-order valence-electron chi connectivity index (χ0n) is 11.9. The normalized spacial score (nSPS) is 12.2. The van der Waals surface area contributed by atoms with Gasteiger partial charge in [-0.1, -0.05) is 0 Å². The molecular formula is C16H20FN3. The molecule has 3 nitrogen and oxygen atoms in total. The first-order valence-electron chi connectivity index (χ1n) is 6.73. The fraction of sp³-hybridized carbons (Fsp3) is 0.312. The first kappa shape index (κ1) is 14.5. The Hall–Kier alpha value is -1.94. The van der Waals surface area contributed by atoms with E-state index in [0.29, 0.717) is 0 Å². The van der Waals surface area contributed by atoms with Crippen molar-refractivity contribution >= 4 is 5.69 Å². The summed E-state index contributed by atoms with van der Waals surface area (Å²) in [7, 11) is 2.00. The van der Waals surface area contributed by atoms with E-state index in [4.69, 9.17) is 5.73 Å². The summed E-state index contributed by atoms with van der Waals surface area (Å²) < 4.78 is 13.3. The molecule has 0 amide bonds. The van der Waals surface area contributed by atoms with Gasteiger partial charge >= 0.3 is 0 Å². The molecular weight excluding hydrogens is 253 g/mol. The molecule has 2 rings (SSSR count). The van der Waals surface area contributed by atoms with Crippen LogP contribution in [0.2, 0.25) is 0 Å². The van der Waals surface area contributed by atoms with E-state index in [9.17, 15) is 4.39 Å². The summed E-state index contributed by atoms with van der Waals surface area (Å²) in [4.78, 5) is 6.12. The summed E-state index contributed by atoms with van der Waals surface area (Å²) in [6, 6.07) is 8.60. The van der Waals surface area contributed by atoms with Crippen molar-refractivity contribution < 1.29 is 4.39 Å². The average Bonchev–Trinajstić information content (AvgIpc) is 2.45. The molecule has 0 unspecified atom stereocenters. The molecule has 0 aliphatic carbocycles. The molecule has 0 bridgehead atoms. The fourth-order valence-electron chi connectivity index (χ4n) is 2.20. The second-order valence-electron chi connectivity index (χ2n) is 5.02. The Balaban J connectivity index is 2.11. The molecule has 0 saturated carbocycles. The molecule has 0 aliphatic heterocycles. The topological polar surface area (TPSA) is 42.1 Å². The molecule has 0 saturated heterocycles. The van der Waals surface area contributed by atoms with Gasteiger partial charge in [0.2, 0.25) is 0 Å². The molecule has 2 aromatic rings. The molecule has 1 aromatic carbocycles. The zero-order chi connectivity index (χ0) is 14.5. The Labute approximate surface area is 119 Å². The van der Waals surface area contributed by atoms with Crippen LogP contribution in [0.25, 0.3) is 0 Å². The lowest BCUT2D eigenvalue weighted by Crippen LogP contribution is -2.23. The van der Waals surface area contributed by atoms with Crippen molar-refractivity contribution in [3.8, 4) is 0 Å². The van der Waals surface area contributed by atoms with Crippen molar-refractivity contribution in [3.05, 3.63) is 59.7 Å². The van der Waals surface area contributed by atoms with Crippen molar-refractivity contribution in [2.45, 2.75) is 19.4 Å². The second-order valence-corrected chi connectivity index (χ2v) is 5.02. The fourth-order valence-corrected chi connectivity index (χ4v) is 2.20. The van der Waals surface area contributed by atoms with Gasteiger partial charge < -0.3 is 10.6 Å². The molecule has 0 aliphatic rings. The molecule has 4 heteroatoms. The highest BCUT2D eigenvalue weighted by molar-refractivity contribution is 5.54. The van der Waals surface area contributed by atoms with Gasteiger partial charge in [0.15, 0.2) is 0 Å². The van der Waals surface area contributed by atoms with Crippen molar-refractivity contribution in [2.75, 3.05) is 18.5 Å². The highest BCUT2D eigenvalue weighted by Crippen LogP contribution is 2.25. The van der Waals surface area contributed by atoms with Crippen molar-refractivity contribution in [1.29, 1.82) is 0 Å². The van der Waals surface area contributed by atoms with Crippen molar-refractivity contribution in [3.63, 3.8) is 0 Å².